The molecule has 0 aromatic heterocycles. The lowest BCUT2D eigenvalue weighted by Crippen LogP contribution is -2.85. The summed E-state index contributed by atoms with van der Waals surface area (Å²) in [7, 11) is -5.47. The third-order valence-electron chi connectivity index (χ3n) is 13.9. The number of rotatable bonds is 4. The fraction of sp³-hybridized carbons (Fsp3) is 1.00. The van der Waals surface area contributed by atoms with Crippen LogP contribution in [0.3, 0.4) is 0 Å². The number of hydrogen-bond donors (Lipinski definition) is 0. The average Bonchev–Trinajstić information content (AvgIpc) is 3.27. The normalized spacial score (nSPS) is 29.6. The van der Waals surface area contributed by atoms with E-state index in [1.807, 2.05) is 5.67 Å². The highest BCUT2D eigenvalue weighted by Crippen LogP contribution is 2.87. The van der Waals surface area contributed by atoms with Crippen molar-refractivity contribution in [3.63, 3.8) is 0 Å². The fourth-order valence-corrected chi connectivity index (χ4v) is 491. The van der Waals surface area contributed by atoms with Crippen molar-refractivity contribution in [1.82, 2.24) is 0 Å². The molecule has 2 saturated heterocycles. The first-order valence-electron chi connectivity index (χ1n) is 13.5. The molecule has 0 saturated carbocycles. The lowest BCUT2D eigenvalue weighted by molar-refractivity contribution is 0.726. The molecular formula is C25H62Si7. The maximum Gasteiger partial charge on any atom is 0.0405 e. The van der Waals surface area contributed by atoms with Gasteiger partial charge in [0.05, 0.1) is 0 Å². The molecule has 0 aromatic carbocycles. The maximum absolute atomic E-state index is 3.00. The molecule has 2 aliphatic heterocycles. The first-order valence-corrected chi connectivity index (χ1v) is 38.9. The largest absolute Gasteiger partial charge is 0.0736 e. The predicted octanol–water partition coefficient (Wildman–Crippen LogP) is 9.48. The van der Waals surface area contributed by atoms with Crippen LogP contribution in [0.25, 0.3) is 0 Å². The van der Waals surface area contributed by atoms with Gasteiger partial charge in [0.1, 0.15) is 0 Å². The van der Waals surface area contributed by atoms with Gasteiger partial charge < -0.3 is 0 Å². The molecule has 190 valence electrons. The summed E-state index contributed by atoms with van der Waals surface area (Å²) in [5.74, 6) is 0. The Labute approximate surface area is 210 Å². The topological polar surface area (TPSA) is 0 Å². The van der Waals surface area contributed by atoms with Crippen molar-refractivity contribution in [2.75, 3.05) is 0 Å². The van der Waals surface area contributed by atoms with Crippen LogP contribution in [-0.2, 0) is 0 Å². The summed E-state index contributed by atoms with van der Waals surface area (Å²) in [6.45, 7) is 53.9. The van der Waals surface area contributed by atoms with Crippen LogP contribution >= 0.6 is 0 Å². The zero-order chi connectivity index (χ0) is 26.2. The molecule has 0 amide bonds. The van der Waals surface area contributed by atoms with Gasteiger partial charge in [-0.15, -0.1) is 0 Å². The van der Waals surface area contributed by atoms with Gasteiger partial charge in [-0.2, -0.15) is 0 Å². The van der Waals surface area contributed by atoms with Crippen molar-refractivity contribution < 1.29 is 0 Å². The molecule has 0 nitrogen and oxygen atoms in total. The molecule has 32 heavy (non-hydrogen) atoms. The standard InChI is InChI=1S/C25H62Si7/c1-22(2,3)26(13,14)30-21-31(30,27(15,16)23(4,5)6)32(30,28(17,18)24(7,8)9)29(19,20)25(10,11)12/h21H2,1-20H3. The summed E-state index contributed by atoms with van der Waals surface area (Å²) >= 11 is 0. The average molecular weight is 559 g/mol. The molecule has 2 fully saturated rings. The third-order valence-corrected chi connectivity index (χ3v) is 228. The smallest absolute Gasteiger partial charge is 0.0405 e. The number of hydrogen-bond acceptors (Lipinski definition) is 0. The minimum atomic E-state index is -1.41. The van der Waals surface area contributed by atoms with E-state index in [2.05, 4.69) is 135 Å². The SMILES string of the molecule is CC(C)(C)[Si](C)(C)[Si]12C[Si]1([Si](C)(C)C(C)(C)C)[Si]2([Si](C)(C)C(C)(C)C)[Si](C)(C)C(C)(C)C. The molecule has 0 spiro atoms. The van der Waals surface area contributed by atoms with Crippen LogP contribution in [-0.4, -0.2) is 49.8 Å². The summed E-state index contributed by atoms with van der Waals surface area (Å²) in [4.78, 5) is 0. The molecule has 0 N–H and O–H groups in total. The van der Waals surface area contributed by atoms with Crippen LogP contribution in [0.2, 0.25) is 78.2 Å². The van der Waals surface area contributed by atoms with E-state index >= 15 is 0 Å². The Kier molecular flexibility index (Phi) is 6.40. The Morgan fingerprint density at radius 3 is 0.719 bits per heavy atom. The summed E-state index contributed by atoms with van der Waals surface area (Å²) < 4.78 is 0. The summed E-state index contributed by atoms with van der Waals surface area (Å²) in [5.41, 5.74) is 1.91. The second-order valence-electron chi connectivity index (χ2n) is 18.2. The van der Waals surface area contributed by atoms with Crippen molar-refractivity contribution in [2.24, 2.45) is 0 Å². The van der Waals surface area contributed by atoms with E-state index in [0.29, 0.717) is 20.2 Å². The minimum absolute atomic E-state index is 0.562. The first kappa shape index (κ1) is 29.7. The Morgan fingerprint density at radius 2 is 0.562 bits per heavy atom. The second-order valence-corrected chi connectivity index (χ2v) is 101. The van der Waals surface area contributed by atoms with Gasteiger partial charge in [0.25, 0.3) is 0 Å². The minimum Gasteiger partial charge on any atom is -0.0736 e. The first-order chi connectivity index (χ1) is 13.5. The van der Waals surface area contributed by atoms with E-state index in [1.165, 1.54) is 0 Å². The van der Waals surface area contributed by atoms with E-state index < -0.39 is 49.8 Å². The molecule has 2 atom stereocenters. The van der Waals surface area contributed by atoms with Crippen molar-refractivity contribution >= 4 is 49.8 Å². The number of fused-ring (bicyclic) bond motifs is 1. The highest BCUT2D eigenvalue weighted by Gasteiger charge is 3.12. The van der Waals surface area contributed by atoms with Gasteiger partial charge in [0.2, 0.25) is 0 Å². The summed E-state index contributed by atoms with van der Waals surface area (Å²) in [6.07, 6.45) is -1.30. The van der Waals surface area contributed by atoms with E-state index in [1.54, 1.807) is 0 Å². The molecule has 0 radical (unpaired) electrons. The van der Waals surface area contributed by atoms with E-state index in [-0.39, 0.29) is 0 Å². The van der Waals surface area contributed by atoms with Gasteiger partial charge >= 0.3 is 0 Å². The maximum atomic E-state index is 3.00. The molecule has 2 unspecified atom stereocenters. The van der Waals surface area contributed by atoms with Crippen LogP contribution < -0.4 is 0 Å². The monoisotopic (exact) mass is 558 g/mol. The molecule has 0 bridgehead atoms. The highest BCUT2D eigenvalue weighted by molar-refractivity contribution is 8.57. The molecule has 2 aliphatic rings. The highest BCUT2D eigenvalue weighted by atomic mass is 30.7. The Morgan fingerprint density at radius 1 is 0.375 bits per heavy atom. The van der Waals surface area contributed by atoms with Crippen LogP contribution in [0.4, 0.5) is 0 Å². The van der Waals surface area contributed by atoms with Crippen LogP contribution in [0.1, 0.15) is 83.1 Å². The van der Waals surface area contributed by atoms with Crippen LogP contribution in [0, 0.1) is 0 Å². The summed E-state index contributed by atoms with van der Waals surface area (Å²) in [5, 5.41) is 2.28. The van der Waals surface area contributed by atoms with Crippen LogP contribution in [0.5, 0.6) is 0 Å². The van der Waals surface area contributed by atoms with E-state index in [0.717, 1.165) is 0 Å². The molecule has 0 aromatic rings. The second kappa shape index (κ2) is 6.88. The van der Waals surface area contributed by atoms with Gasteiger partial charge in [-0.1, -0.05) is 141 Å². The van der Waals surface area contributed by atoms with Gasteiger partial charge in [-0.05, 0) is 20.2 Å². The van der Waals surface area contributed by atoms with E-state index in [9.17, 15) is 0 Å². The Balaban J connectivity index is 3.15. The van der Waals surface area contributed by atoms with Crippen molar-refractivity contribution in [3.05, 3.63) is 0 Å². The Hall–Kier alpha value is 1.52. The Bertz CT molecular complexity index is 715. The molecular weight excluding hydrogens is 497 g/mol. The van der Waals surface area contributed by atoms with Crippen LogP contribution in [0.15, 0.2) is 0 Å². The molecule has 0 aliphatic carbocycles. The van der Waals surface area contributed by atoms with Crippen molar-refractivity contribution in [2.45, 2.75) is 161 Å². The van der Waals surface area contributed by atoms with Gasteiger partial charge in [-0.3, -0.25) is 0 Å². The summed E-state index contributed by atoms with van der Waals surface area (Å²) in [6, 6.07) is 0. The fourth-order valence-electron chi connectivity index (χ4n) is 8.98. The zero-order valence-corrected chi connectivity index (χ0v) is 33.2. The molecule has 2 heterocycles. The molecule has 2 rings (SSSR count). The van der Waals surface area contributed by atoms with Crippen molar-refractivity contribution in [3.8, 4) is 0 Å². The van der Waals surface area contributed by atoms with Crippen molar-refractivity contribution in [1.29, 1.82) is 0 Å². The molecule has 7 heteroatoms. The quantitative estimate of drug-likeness (QED) is 0.301. The zero-order valence-electron chi connectivity index (χ0n) is 26.2. The predicted molar refractivity (Wildman–Crippen MR) is 171 cm³/mol. The van der Waals surface area contributed by atoms with Gasteiger partial charge in [-0.25, -0.2) is 0 Å². The lowest BCUT2D eigenvalue weighted by Gasteiger charge is -2.63. The van der Waals surface area contributed by atoms with Gasteiger partial charge in [0.15, 0.2) is 0 Å². The van der Waals surface area contributed by atoms with E-state index in [4.69, 9.17) is 0 Å². The third kappa shape index (κ3) is 2.79. The lowest BCUT2D eigenvalue weighted by atomic mass is 10.2. The van der Waals surface area contributed by atoms with Gasteiger partial charge in [0, 0.05) is 49.8 Å².